The molecule has 0 N–H and O–H groups in total. The Balaban J connectivity index is 1.08. The van der Waals surface area contributed by atoms with Gasteiger partial charge >= 0.3 is 0 Å². The highest BCUT2D eigenvalue weighted by molar-refractivity contribution is 6.19. The topological polar surface area (TPSA) is 29.5 Å². The standard InChI is InChI=1S/C46H29NO2/c1-2-12-34(13-3-1)47(35-24-20-30(21-25-35)32-23-27-43-41(29-32)39-16-6-7-18-42(39)48-43)36-14-8-11-33(28-36)37-17-9-19-44-45(37)40-26-22-31-10-4-5-15-38(31)46(40)49-44/h1-29H. The fourth-order valence-electron chi connectivity index (χ4n) is 7.34. The second-order valence-electron chi connectivity index (χ2n) is 12.5. The first-order valence-electron chi connectivity index (χ1n) is 16.6. The number of fused-ring (bicyclic) bond motifs is 8. The van der Waals surface area contributed by atoms with Crippen LogP contribution in [0.5, 0.6) is 0 Å². The Hall–Kier alpha value is -6.58. The minimum absolute atomic E-state index is 0.895. The average Bonchev–Trinajstić information content (AvgIpc) is 3.74. The van der Waals surface area contributed by atoms with Crippen LogP contribution < -0.4 is 4.90 Å². The van der Waals surface area contributed by atoms with Crippen molar-refractivity contribution in [3.63, 3.8) is 0 Å². The zero-order chi connectivity index (χ0) is 32.3. The number of rotatable bonds is 5. The summed E-state index contributed by atoms with van der Waals surface area (Å²) in [5, 5.41) is 6.85. The highest BCUT2D eigenvalue weighted by Gasteiger charge is 2.18. The molecule has 10 aromatic rings. The lowest BCUT2D eigenvalue weighted by atomic mass is 9.97. The molecule has 3 heteroatoms. The summed E-state index contributed by atoms with van der Waals surface area (Å²) < 4.78 is 12.6. The molecule has 0 aliphatic heterocycles. The maximum atomic E-state index is 6.52. The summed E-state index contributed by atoms with van der Waals surface area (Å²) in [5.74, 6) is 0. The SMILES string of the molecule is c1ccc(N(c2ccc(-c3ccc4oc5ccccc5c4c3)cc2)c2cccc(-c3cccc4oc5c6ccccc6ccc5c34)c2)cc1. The van der Waals surface area contributed by atoms with Crippen molar-refractivity contribution in [3.8, 4) is 22.3 Å². The van der Waals surface area contributed by atoms with Crippen molar-refractivity contribution in [2.45, 2.75) is 0 Å². The van der Waals surface area contributed by atoms with Crippen molar-refractivity contribution in [2.24, 2.45) is 0 Å². The summed E-state index contributed by atoms with van der Waals surface area (Å²) in [6, 6.07) is 62.1. The van der Waals surface area contributed by atoms with E-state index in [2.05, 4.69) is 169 Å². The van der Waals surface area contributed by atoms with Gasteiger partial charge in [0.2, 0.25) is 0 Å². The molecule has 0 atom stereocenters. The van der Waals surface area contributed by atoms with Crippen LogP contribution in [0.1, 0.15) is 0 Å². The van der Waals surface area contributed by atoms with Crippen LogP contribution in [0.3, 0.4) is 0 Å². The predicted molar refractivity (Wildman–Crippen MR) is 204 cm³/mol. The van der Waals surface area contributed by atoms with Crippen LogP contribution in [-0.2, 0) is 0 Å². The van der Waals surface area contributed by atoms with Gasteiger partial charge in [0.05, 0.1) is 0 Å². The lowest BCUT2D eigenvalue weighted by Crippen LogP contribution is -2.09. The number of hydrogen-bond acceptors (Lipinski definition) is 3. The van der Waals surface area contributed by atoms with Crippen LogP contribution in [0.4, 0.5) is 17.1 Å². The molecule has 0 unspecified atom stereocenters. The van der Waals surface area contributed by atoms with E-state index in [1.54, 1.807) is 0 Å². The summed E-state index contributed by atoms with van der Waals surface area (Å²) in [5.41, 5.74) is 11.5. The number of nitrogens with zero attached hydrogens (tertiary/aromatic N) is 1. The number of furan rings is 2. The second kappa shape index (κ2) is 11.0. The van der Waals surface area contributed by atoms with Gasteiger partial charge in [0.25, 0.3) is 0 Å². The van der Waals surface area contributed by atoms with Crippen LogP contribution in [-0.4, -0.2) is 0 Å². The maximum Gasteiger partial charge on any atom is 0.143 e. The molecule has 0 saturated carbocycles. The van der Waals surface area contributed by atoms with Gasteiger partial charge in [-0.1, -0.05) is 109 Å². The molecule has 0 aliphatic carbocycles. The van der Waals surface area contributed by atoms with Gasteiger partial charge in [-0.3, -0.25) is 0 Å². The first-order chi connectivity index (χ1) is 24.3. The Morgan fingerprint density at radius 2 is 1.04 bits per heavy atom. The van der Waals surface area contributed by atoms with Gasteiger partial charge < -0.3 is 13.7 Å². The molecule has 0 saturated heterocycles. The lowest BCUT2D eigenvalue weighted by Gasteiger charge is -2.26. The summed E-state index contributed by atoms with van der Waals surface area (Å²) in [7, 11) is 0. The zero-order valence-corrected chi connectivity index (χ0v) is 26.5. The lowest BCUT2D eigenvalue weighted by molar-refractivity contribution is 0.669. The van der Waals surface area contributed by atoms with Crippen LogP contribution in [0.15, 0.2) is 185 Å². The molecule has 49 heavy (non-hydrogen) atoms. The van der Waals surface area contributed by atoms with E-state index in [9.17, 15) is 0 Å². The smallest absolute Gasteiger partial charge is 0.143 e. The third kappa shape index (κ3) is 4.51. The number of benzene rings is 8. The molecule has 0 radical (unpaired) electrons. The Bertz CT molecular complexity index is 2830. The van der Waals surface area contributed by atoms with Gasteiger partial charge in [-0.2, -0.15) is 0 Å². The molecule has 3 nitrogen and oxygen atoms in total. The number of anilines is 3. The van der Waals surface area contributed by atoms with E-state index >= 15 is 0 Å². The number of para-hydroxylation sites is 2. The first kappa shape index (κ1) is 27.5. The monoisotopic (exact) mass is 627 g/mol. The third-order valence-corrected chi connectivity index (χ3v) is 9.65. The van der Waals surface area contributed by atoms with E-state index < -0.39 is 0 Å². The van der Waals surface area contributed by atoms with E-state index in [1.807, 2.05) is 12.1 Å². The Morgan fingerprint density at radius 3 is 1.94 bits per heavy atom. The van der Waals surface area contributed by atoms with Gasteiger partial charge in [-0.15, -0.1) is 0 Å². The van der Waals surface area contributed by atoms with Crippen molar-refractivity contribution in [1.29, 1.82) is 0 Å². The molecule has 8 aromatic carbocycles. The highest BCUT2D eigenvalue weighted by atomic mass is 16.3. The van der Waals surface area contributed by atoms with Gasteiger partial charge in [0.1, 0.15) is 22.3 Å². The van der Waals surface area contributed by atoms with Crippen LogP contribution in [0, 0.1) is 0 Å². The van der Waals surface area contributed by atoms with Gasteiger partial charge in [0.15, 0.2) is 0 Å². The van der Waals surface area contributed by atoms with E-state index in [0.717, 1.165) is 88.6 Å². The minimum atomic E-state index is 0.895. The van der Waals surface area contributed by atoms with E-state index in [0.29, 0.717) is 0 Å². The zero-order valence-electron chi connectivity index (χ0n) is 26.5. The molecule has 0 amide bonds. The predicted octanol–water partition coefficient (Wildman–Crippen LogP) is 13.4. The van der Waals surface area contributed by atoms with E-state index in [4.69, 9.17) is 8.83 Å². The summed E-state index contributed by atoms with van der Waals surface area (Å²) in [6.45, 7) is 0. The summed E-state index contributed by atoms with van der Waals surface area (Å²) >= 11 is 0. The maximum absolute atomic E-state index is 6.52. The van der Waals surface area contributed by atoms with Gasteiger partial charge in [0, 0.05) is 44.0 Å². The van der Waals surface area contributed by atoms with Crippen molar-refractivity contribution in [3.05, 3.63) is 176 Å². The summed E-state index contributed by atoms with van der Waals surface area (Å²) in [6.07, 6.45) is 0. The third-order valence-electron chi connectivity index (χ3n) is 9.65. The molecule has 230 valence electrons. The van der Waals surface area contributed by atoms with Gasteiger partial charge in [-0.05, 0) is 94.4 Å². The number of hydrogen-bond donors (Lipinski definition) is 0. The van der Waals surface area contributed by atoms with Crippen LogP contribution in [0.2, 0.25) is 0 Å². The van der Waals surface area contributed by atoms with Gasteiger partial charge in [-0.25, -0.2) is 0 Å². The molecular formula is C46H29NO2. The fourth-order valence-corrected chi connectivity index (χ4v) is 7.34. The van der Waals surface area contributed by atoms with E-state index in [1.165, 1.54) is 5.39 Å². The highest BCUT2D eigenvalue weighted by Crippen LogP contribution is 2.42. The Morgan fingerprint density at radius 1 is 0.347 bits per heavy atom. The first-order valence-corrected chi connectivity index (χ1v) is 16.6. The molecule has 0 bridgehead atoms. The molecule has 10 rings (SSSR count). The average molecular weight is 628 g/mol. The normalized spacial score (nSPS) is 11.7. The molecule has 0 aliphatic rings. The quantitative estimate of drug-likeness (QED) is 0.190. The van der Waals surface area contributed by atoms with Crippen molar-refractivity contribution < 1.29 is 8.83 Å². The largest absolute Gasteiger partial charge is 0.456 e. The Labute approximate surface area is 282 Å². The fraction of sp³-hybridized carbons (Fsp3) is 0. The molecule has 0 spiro atoms. The van der Waals surface area contributed by atoms with E-state index in [-0.39, 0.29) is 0 Å². The summed E-state index contributed by atoms with van der Waals surface area (Å²) in [4.78, 5) is 2.32. The Kier molecular flexibility index (Phi) is 6.18. The molecule has 0 fully saturated rings. The molecular weight excluding hydrogens is 599 g/mol. The van der Waals surface area contributed by atoms with Crippen LogP contribution in [0.25, 0.3) is 76.9 Å². The molecule has 2 aromatic heterocycles. The second-order valence-corrected chi connectivity index (χ2v) is 12.5. The van der Waals surface area contributed by atoms with Crippen molar-refractivity contribution >= 4 is 71.7 Å². The van der Waals surface area contributed by atoms with Crippen LogP contribution >= 0.6 is 0 Å². The van der Waals surface area contributed by atoms with Crippen molar-refractivity contribution in [1.82, 2.24) is 0 Å². The molecule has 2 heterocycles. The minimum Gasteiger partial charge on any atom is -0.456 e. The van der Waals surface area contributed by atoms with Crippen molar-refractivity contribution in [2.75, 3.05) is 4.90 Å².